The van der Waals surface area contributed by atoms with Crippen LogP contribution in [0.2, 0.25) is 0 Å². The molecule has 1 heterocycles. The Morgan fingerprint density at radius 3 is 2.94 bits per heavy atom. The predicted octanol–water partition coefficient (Wildman–Crippen LogP) is 2.11. The second kappa shape index (κ2) is 5.14. The Labute approximate surface area is 109 Å². The van der Waals surface area contributed by atoms with Gasteiger partial charge in [-0.2, -0.15) is 0 Å². The van der Waals surface area contributed by atoms with Crippen LogP contribution < -0.4 is 5.73 Å². The number of nitrogens with two attached hydrogens (primary N) is 1. The highest BCUT2D eigenvalue weighted by molar-refractivity contribution is 9.10. The molecule has 2 rings (SSSR count). The molecule has 2 N–H and O–H groups in total. The monoisotopic (exact) mass is 298 g/mol. The van der Waals surface area contributed by atoms with Gasteiger partial charge in [-0.05, 0) is 47.3 Å². The van der Waals surface area contributed by atoms with Gasteiger partial charge in [0.2, 0.25) is 5.91 Å². The van der Waals surface area contributed by atoms with Gasteiger partial charge in [-0.15, -0.1) is 0 Å². The van der Waals surface area contributed by atoms with Gasteiger partial charge in [0, 0.05) is 10.7 Å². The molecule has 1 amide bonds. The molecule has 1 aromatic rings. The van der Waals surface area contributed by atoms with Crippen LogP contribution in [-0.4, -0.2) is 17.0 Å². The Morgan fingerprint density at radius 1 is 1.71 bits per heavy atom. The van der Waals surface area contributed by atoms with Crippen molar-refractivity contribution < 1.29 is 9.53 Å². The fourth-order valence-corrected chi connectivity index (χ4v) is 2.21. The van der Waals surface area contributed by atoms with Crippen LogP contribution in [0.1, 0.15) is 36.9 Å². The third-order valence-electron chi connectivity index (χ3n) is 2.77. The summed E-state index contributed by atoms with van der Waals surface area (Å²) in [6.45, 7) is 2.32. The average Bonchev–Trinajstić information content (AvgIpc) is 3.09. The summed E-state index contributed by atoms with van der Waals surface area (Å²) in [5.74, 6) is -0.761. The SMILES string of the molecule is CC(C(N)=O)c1ncc(COC2CC2)cc1Br. The van der Waals surface area contributed by atoms with Crippen LogP contribution in [0, 0.1) is 0 Å². The van der Waals surface area contributed by atoms with Gasteiger partial charge >= 0.3 is 0 Å². The maximum absolute atomic E-state index is 11.1. The fourth-order valence-electron chi connectivity index (χ4n) is 1.47. The van der Waals surface area contributed by atoms with Crippen LogP contribution in [0.5, 0.6) is 0 Å². The molecule has 1 atom stereocenters. The number of hydrogen-bond acceptors (Lipinski definition) is 3. The van der Waals surface area contributed by atoms with E-state index in [0.29, 0.717) is 18.4 Å². The van der Waals surface area contributed by atoms with Gasteiger partial charge in [0.1, 0.15) is 0 Å². The lowest BCUT2D eigenvalue weighted by molar-refractivity contribution is -0.119. The minimum Gasteiger partial charge on any atom is -0.373 e. The summed E-state index contributed by atoms with van der Waals surface area (Å²) in [6.07, 6.45) is 4.48. The van der Waals surface area contributed by atoms with E-state index in [-0.39, 0.29) is 11.8 Å². The van der Waals surface area contributed by atoms with Gasteiger partial charge in [0.25, 0.3) is 0 Å². The predicted molar refractivity (Wildman–Crippen MR) is 67.4 cm³/mol. The summed E-state index contributed by atoms with van der Waals surface area (Å²) in [6, 6.07) is 1.93. The number of primary amides is 1. The number of carbonyl (C=O) groups excluding carboxylic acids is 1. The number of pyridine rings is 1. The van der Waals surface area contributed by atoms with Crippen molar-refractivity contribution in [3.63, 3.8) is 0 Å². The van der Waals surface area contributed by atoms with Gasteiger partial charge in [-0.1, -0.05) is 0 Å². The van der Waals surface area contributed by atoms with Crippen LogP contribution in [0.3, 0.4) is 0 Å². The van der Waals surface area contributed by atoms with Crippen LogP contribution in [0.15, 0.2) is 16.7 Å². The lowest BCUT2D eigenvalue weighted by atomic mass is 10.1. The quantitative estimate of drug-likeness (QED) is 0.905. The Kier molecular flexibility index (Phi) is 3.79. The lowest BCUT2D eigenvalue weighted by Crippen LogP contribution is -2.20. The average molecular weight is 299 g/mol. The molecule has 1 fully saturated rings. The van der Waals surface area contributed by atoms with Crippen molar-refractivity contribution in [3.8, 4) is 0 Å². The number of hydrogen-bond donors (Lipinski definition) is 1. The third kappa shape index (κ3) is 3.26. The zero-order valence-corrected chi connectivity index (χ0v) is 11.2. The highest BCUT2D eigenvalue weighted by Gasteiger charge is 2.22. The minimum absolute atomic E-state index is 0.375. The summed E-state index contributed by atoms with van der Waals surface area (Å²) in [5, 5.41) is 0. The van der Waals surface area contributed by atoms with E-state index in [0.717, 1.165) is 22.9 Å². The second-order valence-corrected chi connectivity index (χ2v) is 5.20. The van der Waals surface area contributed by atoms with Gasteiger partial charge in [-0.3, -0.25) is 9.78 Å². The second-order valence-electron chi connectivity index (χ2n) is 4.35. The van der Waals surface area contributed by atoms with Crippen molar-refractivity contribution in [1.29, 1.82) is 0 Å². The molecule has 1 aliphatic rings. The summed E-state index contributed by atoms with van der Waals surface area (Å²) in [7, 11) is 0. The molecule has 0 spiro atoms. The van der Waals surface area contributed by atoms with Gasteiger partial charge in [0.05, 0.1) is 24.3 Å². The third-order valence-corrected chi connectivity index (χ3v) is 3.41. The zero-order valence-electron chi connectivity index (χ0n) is 9.65. The molecule has 5 heteroatoms. The van der Waals surface area contributed by atoms with Crippen molar-refractivity contribution in [2.75, 3.05) is 0 Å². The molecule has 0 bridgehead atoms. The topological polar surface area (TPSA) is 65.2 Å². The molecule has 17 heavy (non-hydrogen) atoms. The minimum atomic E-state index is -0.386. The Hall–Kier alpha value is -0.940. The van der Waals surface area contributed by atoms with Crippen molar-refractivity contribution in [2.24, 2.45) is 5.73 Å². The van der Waals surface area contributed by atoms with E-state index >= 15 is 0 Å². The van der Waals surface area contributed by atoms with E-state index in [1.807, 2.05) is 6.07 Å². The summed E-state index contributed by atoms with van der Waals surface area (Å²) < 4.78 is 6.40. The molecule has 0 saturated heterocycles. The molecule has 1 saturated carbocycles. The number of carbonyl (C=O) groups is 1. The van der Waals surface area contributed by atoms with Crippen molar-refractivity contribution in [3.05, 3.63) is 28.0 Å². The largest absolute Gasteiger partial charge is 0.373 e. The zero-order chi connectivity index (χ0) is 12.4. The number of rotatable bonds is 5. The van der Waals surface area contributed by atoms with E-state index in [2.05, 4.69) is 20.9 Å². The summed E-state index contributed by atoms with van der Waals surface area (Å²) >= 11 is 3.41. The van der Waals surface area contributed by atoms with Crippen molar-refractivity contribution in [1.82, 2.24) is 4.98 Å². The van der Waals surface area contributed by atoms with E-state index in [4.69, 9.17) is 10.5 Å². The lowest BCUT2D eigenvalue weighted by Gasteiger charge is -2.10. The van der Waals surface area contributed by atoms with E-state index in [9.17, 15) is 4.79 Å². The van der Waals surface area contributed by atoms with Gasteiger partial charge < -0.3 is 10.5 Å². The normalized spacial score (nSPS) is 16.8. The fraction of sp³-hybridized carbons (Fsp3) is 0.500. The van der Waals surface area contributed by atoms with Gasteiger partial charge in [-0.25, -0.2) is 0 Å². The molecular formula is C12H15BrN2O2. The first kappa shape index (κ1) is 12.5. The van der Waals surface area contributed by atoms with Crippen LogP contribution in [-0.2, 0) is 16.1 Å². The first-order chi connectivity index (χ1) is 8.08. The molecule has 1 aromatic heterocycles. The van der Waals surface area contributed by atoms with Crippen molar-refractivity contribution in [2.45, 2.75) is 38.4 Å². The molecule has 92 valence electrons. The molecule has 0 radical (unpaired) electrons. The van der Waals surface area contributed by atoms with Gasteiger partial charge in [0.15, 0.2) is 0 Å². The molecule has 0 aromatic carbocycles. The number of ether oxygens (including phenoxy) is 1. The number of amides is 1. The first-order valence-corrected chi connectivity index (χ1v) is 6.42. The van der Waals surface area contributed by atoms with Crippen LogP contribution in [0.4, 0.5) is 0 Å². The molecule has 1 aliphatic carbocycles. The molecular weight excluding hydrogens is 284 g/mol. The maximum atomic E-state index is 11.1. The number of aromatic nitrogens is 1. The maximum Gasteiger partial charge on any atom is 0.226 e. The summed E-state index contributed by atoms with van der Waals surface area (Å²) in [5.41, 5.74) is 6.93. The standard InChI is InChI=1S/C12H15BrN2O2/c1-7(12(14)16)11-10(13)4-8(5-15-11)6-17-9-2-3-9/h4-5,7,9H,2-3,6H2,1H3,(H2,14,16). The van der Waals surface area contributed by atoms with E-state index in [1.165, 1.54) is 0 Å². The molecule has 4 nitrogen and oxygen atoms in total. The number of halogens is 1. The Bertz CT molecular complexity index is 433. The Balaban J connectivity index is 2.07. The molecule has 1 unspecified atom stereocenters. The Morgan fingerprint density at radius 2 is 2.41 bits per heavy atom. The highest BCUT2D eigenvalue weighted by atomic mass is 79.9. The van der Waals surface area contributed by atoms with Crippen LogP contribution in [0.25, 0.3) is 0 Å². The first-order valence-electron chi connectivity index (χ1n) is 5.63. The smallest absolute Gasteiger partial charge is 0.226 e. The molecule has 0 aliphatic heterocycles. The van der Waals surface area contributed by atoms with E-state index in [1.54, 1.807) is 13.1 Å². The van der Waals surface area contributed by atoms with E-state index < -0.39 is 0 Å². The number of nitrogens with zero attached hydrogens (tertiary/aromatic N) is 1. The van der Waals surface area contributed by atoms with Crippen molar-refractivity contribution >= 4 is 21.8 Å². The van der Waals surface area contributed by atoms with Crippen LogP contribution >= 0.6 is 15.9 Å². The highest BCUT2D eigenvalue weighted by Crippen LogP contribution is 2.27. The summed E-state index contributed by atoms with van der Waals surface area (Å²) in [4.78, 5) is 15.4.